The van der Waals surface area contributed by atoms with Gasteiger partial charge in [0, 0.05) is 31.7 Å². The Morgan fingerprint density at radius 3 is 2.67 bits per heavy atom. The Balaban J connectivity index is 1.43. The van der Waals surface area contributed by atoms with E-state index in [1.54, 1.807) is 23.8 Å². The number of hydrogen-bond donors (Lipinski definition) is 2. The van der Waals surface area contributed by atoms with E-state index in [0.29, 0.717) is 23.6 Å². The van der Waals surface area contributed by atoms with E-state index in [-0.39, 0.29) is 24.1 Å². The monoisotopic (exact) mass is 459 g/mol. The van der Waals surface area contributed by atoms with Crippen LogP contribution in [0.2, 0.25) is 0 Å². The fourth-order valence-electron chi connectivity index (χ4n) is 4.31. The highest BCUT2D eigenvalue weighted by Gasteiger charge is 2.24. The molecule has 0 aliphatic carbocycles. The topological polar surface area (TPSA) is 106 Å². The molecule has 1 aliphatic heterocycles. The number of hydrogen-bond acceptors (Lipinski definition) is 6. The lowest BCUT2D eigenvalue weighted by atomic mass is 10.0. The summed E-state index contributed by atoms with van der Waals surface area (Å²) >= 11 is 0. The Labute approximate surface area is 189 Å². The zero-order valence-corrected chi connectivity index (χ0v) is 18.3. The van der Waals surface area contributed by atoms with Gasteiger partial charge in [-0.3, -0.25) is 9.47 Å². The van der Waals surface area contributed by atoms with Crippen molar-refractivity contribution >= 4 is 17.2 Å². The lowest BCUT2D eigenvalue weighted by Crippen LogP contribution is -2.36. The summed E-state index contributed by atoms with van der Waals surface area (Å²) in [7, 11) is 1.55. The molecule has 1 fully saturated rings. The summed E-state index contributed by atoms with van der Waals surface area (Å²) in [4.78, 5) is 28.5. The number of rotatable bonds is 8. The van der Waals surface area contributed by atoms with Crippen molar-refractivity contribution < 1.29 is 28.5 Å². The first-order chi connectivity index (χ1) is 16.0. The van der Waals surface area contributed by atoms with Gasteiger partial charge in [0.1, 0.15) is 19.0 Å². The molecule has 3 aromatic rings. The number of nitrogens with zero attached hydrogens (tertiary/aromatic N) is 2. The maximum atomic E-state index is 12.6. The minimum atomic E-state index is -1.40. The number of aromatic amines is 1. The lowest BCUT2D eigenvalue weighted by Gasteiger charge is -2.32. The van der Waals surface area contributed by atoms with E-state index < -0.39 is 12.8 Å². The van der Waals surface area contributed by atoms with Gasteiger partial charge in [0.2, 0.25) is 0 Å². The van der Waals surface area contributed by atoms with E-state index in [1.807, 2.05) is 18.2 Å². The van der Waals surface area contributed by atoms with Gasteiger partial charge in [-0.05, 0) is 42.7 Å². The molecular weight excluding hydrogens is 433 g/mol. The van der Waals surface area contributed by atoms with Crippen molar-refractivity contribution in [1.82, 2.24) is 14.5 Å². The van der Waals surface area contributed by atoms with Crippen LogP contribution in [0.15, 0.2) is 41.2 Å². The number of piperidine rings is 1. The molecule has 176 valence electrons. The minimum Gasteiger partial charge on any atom is -0.493 e. The fraction of sp³-hybridized carbons (Fsp3) is 0.391. The van der Waals surface area contributed by atoms with Crippen molar-refractivity contribution in [2.45, 2.75) is 25.4 Å². The third-order valence-corrected chi connectivity index (χ3v) is 5.78. The average Bonchev–Trinajstić information content (AvgIpc) is 3.13. The summed E-state index contributed by atoms with van der Waals surface area (Å²) in [5, 5.41) is 8.78. The van der Waals surface area contributed by atoms with E-state index >= 15 is 0 Å². The number of fused-ring (bicyclic) bond motifs is 1. The molecule has 0 radical (unpaired) electrons. The van der Waals surface area contributed by atoms with Gasteiger partial charge in [0.05, 0.1) is 18.1 Å². The van der Waals surface area contributed by atoms with E-state index in [0.717, 1.165) is 37.0 Å². The number of likely N-dealkylation sites (tertiary alicyclic amines) is 1. The molecule has 2 N–H and O–H groups in total. The van der Waals surface area contributed by atoms with Gasteiger partial charge in [0.25, 0.3) is 0 Å². The van der Waals surface area contributed by atoms with Gasteiger partial charge in [0.15, 0.2) is 11.5 Å². The molecule has 0 atom stereocenters. The zero-order valence-electron chi connectivity index (χ0n) is 18.3. The van der Waals surface area contributed by atoms with Crippen molar-refractivity contribution in [3.8, 4) is 17.2 Å². The summed E-state index contributed by atoms with van der Waals surface area (Å²) in [6, 6.07) is 10.5. The van der Waals surface area contributed by atoms with E-state index in [4.69, 9.17) is 14.6 Å². The highest BCUT2D eigenvalue weighted by molar-refractivity contribution is 5.78. The number of aromatic nitrogens is 2. The number of halogens is 1. The van der Waals surface area contributed by atoms with Gasteiger partial charge in [-0.1, -0.05) is 6.07 Å². The van der Waals surface area contributed by atoms with Crippen molar-refractivity contribution in [1.29, 1.82) is 0 Å². The van der Waals surface area contributed by atoms with E-state index in [1.165, 1.54) is 6.07 Å². The molecular formula is C23H26FN3O6. The largest absolute Gasteiger partial charge is 0.511 e. The van der Waals surface area contributed by atoms with Crippen LogP contribution in [0.25, 0.3) is 11.0 Å². The summed E-state index contributed by atoms with van der Waals surface area (Å²) in [6.07, 6.45) is 0.185. The summed E-state index contributed by atoms with van der Waals surface area (Å²) in [5.74, 6) is 1.26. The van der Waals surface area contributed by atoms with Gasteiger partial charge in [-0.15, -0.1) is 0 Å². The maximum Gasteiger partial charge on any atom is 0.511 e. The Bertz CT molecular complexity index is 1180. The highest BCUT2D eigenvalue weighted by Crippen LogP contribution is 2.30. The summed E-state index contributed by atoms with van der Waals surface area (Å²) < 4.78 is 29.7. The molecule has 10 heteroatoms. The maximum absolute atomic E-state index is 12.6. The number of carboxylic acid groups (broad SMARTS) is 1. The fourth-order valence-corrected chi connectivity index (χ4v) is 4.31. The van der Waals surface area contributed by atoms with Crippen molar-refractivity contribution in [3.63, 3.8) is 0 Å². The van der Waals surface area contributed by atoms with Crippen LogP contribution in [0, 0.1) is 0 Å². The van der Waals surface area contributed by atoms with E-state index in [9.17, 15) is 14.0 Å². The van der Waals surface area contributed by atoms with E-state index in [2.05, 4.69) is 14.6 Å². The Hall–Kier alpha value is -3.53. The van der Waals surface area contributed by atoms with Crippen LogP contribution in [0.5, 0.6) is 17.2 Å². The average molecular weight is 459 g/mol. The van der Waals surface area contributed by atoms with Crippen LogP contribution < -0.4 is 19.9 Å². The number of benzene rings is 2. The molecule has 1 aliphatic rings. The predicted octanol–water partition coefficient (Wildman–Crippen LogP) is 3.58. The molecule has 1 aromatic heterocycles. The van der Waals surface area contributed by atoms with Crippen molar-refractivity contribution in [2.24, 2.45) is 0 Å². The molecule has 0 spiro atoms. The zero-order chi connectivity index (χ0) is 23.4. The molecule has 2 aromatic carbocycles. The molecule has 1 saturated heterocycles. The number of nitrogens with one attached hydrogen (secondary N) is 1. The SMILES string of the molecule is COc1ccc(CN2CCC(n3c(=O)[nH]c4cc(OC(=O)O)ccc43)CC2)cc1OCCF. The van der Waals surface area contributed by atoms with Crippen molar-refractivity contribution in [2.75, 3.05) is 33.5 Å². The van der Waals surface area contributed by atoms with Crippen LogP contribution in [-0.2, 0) is 6.54 Å². The Morgan fingerprint density at radius 2 is 1.97 bits per heavy atom. The Kier molecular flexibility index (Phi) is 6.83. The lowest BCUT2D eigenvalue weighted by molar-refractivity contribution is 0.144. The number of carbonyl (C=O) groups is 1. The van der Waals surface area contributed by atoms with Gasteiger partial charge >= 0.3 is 11.8 Å². The first kappa shape index (κ1) is 22.7. The molecule has 0 unspecified atom stereocenters. The second-order valence-corrected chi connectivity index (χ2v) is 7.88. The quantitative estimate of drug-likeness (QED) is 0.392. The molecule has 9 nitrogen and oxygen atoms in total. The molecule has 33 heavy (non-hydrogen) atoms. The van der Waals surface area contributed by atoms with Crippen LogP contribution in [0.1, 0.15) is 24.4 Å². The van der Waals surface area contributed by atoms with Gasteiger partial charge in [-0.25, -0.2) is 14.0 Å². The Morgan fingerprint density at radius 1 is 1.18 bits per heavy atom. The third-order valence-electron chi connectivity index (χ3n) is 5.78. The van der Waals surface area contributed by atoms with Crippen LogP contribution in [0.4, 0.5) is 9.18 Å². The summed E-state index contributed by atoms with van der Waals surface area (Å²) in [6.45, 7) is 1.73. The number of alkyl halides is 1. The number of ether oxygens (including phenoxy) is 3. The molecule has 0 amide bonds. The number of H-pyrrole nitrogens is 1. The normalized spacial score (nSPS) is 15.0. The first-order valence-electron chi connectivity index (χ1n) is 10.7. The molecule has 2 heterocycles. The molecule has 0 saturated carbocycles. The smallest absolute Gasteiger partial charge is 0.493 e. The third kappa shape index (κ3) is 5.11. The second kappa shape index (κ2) is 9.95. The van der Waals surface area contributed by atoms with Crippen LogP contribution >= 0.6 is 0 Å². The molecule has 0 bridgehead atoms. The minimum absolute atomic E-state index is 0.0193. The van der Waals surface area contributed by atoms with Crippen LogP contribution in [-0.4, -0.2) is 59.2 Å². The number of imidazole rings is 1. The second-order valence-electron chi connectivity index (χ2n) is 7.88. The predicted molar refractivity (Wildman–Crippen MR) is 119 cm³/mol. The summed E-state index contributed by atoms with van der Waals surface area (Å²) in [5.41, 5.74) is 2.08. The van der Waals surface area contributed by atoms with Crippen LogP contribution in [0.3, 0.4) is 0 Å². The van der Waals surface area contributed by atoms with Gasteiger partial charge in [-0.2, -0.15) is 0 Å². The van der Waals surface area contributed by atoms with Gasteiger partial charge < -0.3 is 24.3 Å². The van der Waals surface area contributed by atoms with Crippen molar-refractivity contribution in [3.05, 3.63) is 52.4 Å². The first-order valence-corrected chi connectivity index (χ1v) is 10.7. The standard InChI is InChI=1S/C23H26FN3O6/c1-31-20-5-2-15(12-21(20)32-11-8-24)14-26-9-6-16(7-10-26)27-19-4-3-17(33-23(29)30)13-18(19)25-22(27)28/h2-5,12-13,16H,6-11,14H2,1H3,(H,25,28)(H,29,30). The number of methoxy groups -OCH3 is 1. The highest BCUT2D eigenvalue weighted by atomic mass is 19.1. The molecule has 4 rings (SSSR count).